The largest absolute Gasteiger partial charge is 0.381 e. The maximum absolute atomic E-state index is 12.4. The van der Waals surface area contributed by atoms with Gasteiger partial charge < -0.3 is 18.9 Å². The topological polar surface area (TPSA) is 54.0 Å². The highest BCUT2D eigenvalue weighted by Gasteiger charge is 2.09. The van der Waals surface area contributed by atoms with Gasteiger partial charge in [0, 0.05) is 39.6 Å². The summed E-state index contributed by atoms with van der Waals surface area (Å²) in [4.78, 5) is 12.4. The summed E-state index contributed by atoms with van der Waals surface area (Å²) in [6.07, 6.45) is 22.0. The lowest BCUT2D eigenvalue weighted by Gasteiger charge is -2.16. The molecule has 2 unspecified atom stereocenters. The molecule has 2 atom stereocenters. The lowest BCUT2D eigenvalue weighted by atomic mass is 10.1. The molecule has 0 heterocycles. The molecule has 0 N–H and O–H groups in total. The molecule has 0 aromatic carbocycles. The molecular formula is C31H58O5. The number of allylic oxidation sites excluding steroid dienone is 2. The molecule has 36 heavy (non-hydrogen) atoms. The van der Waals surface area contributed by atoms with Crippen molar-refractivity contribution >= 4 is 5.78 Å². The van der Waals surface area contributed by atoms with Gasteiger partial charge >= 0.3 is 0 Å². The summed E-state index contributed by atoms with van der Waals surface area (Å²) >= 11 is 0. The van der Waals surface area contributed by atoms with Gasteiger partial charge in [0.15, 0.2) is 5.78 Å². The lowest BCUT2D eigenvalue weighted by molar-refractivity contribution is -0.110. The van der Waals surface area contributed by atoms with E-state index in [2.05, 4.69) is 27.7 Å². The zero-order valence-electron chi connectivity index (χ0n) is 24.1. The molecule has 212 valence electrons. The number of hydrogen-bond acceptors (Lipinski definition) is 5. The molecule has 0 aliphatic carbocycles. The molecular weight excluding hydrogens is 452 g/mol. The summed E-state index contributed by atoms with van der Waals surface area (Å²) < 4.78 is 23.5. The van der Waals surface area contributed by atoms with E-state index in [9.17, 15) is 4.79 Å². The number of rotatable bonds is 28. The molecule has 5 nitrogen and oxygen atoms in total. The first-order valence-corrected chi connectivity index (χ1v) is 14.9. The number of carbonyl (C=O) groups excluding carboxylic acids is 1. The van der Waals surface area contributed by atoms with E-state index in [-0.39, 0.29) is 18.0 Å². The molecule has 0 aliphatic heterocycles. The first kappa shape index (κ1) is 35.0. The number of unbranched alkanes of at least 4 members (excludes halogenated alkanes) is 4. The Hall–Kier alpha value is -1.01. The SMILES string of the molecule is CCCCOCCCC(CC=CC(=O)C=CCC(CCCOCCCC)OCCCC)OCCCC. The fourth-order valence-corrected chi connectivity index (χ4v) is 3.58. The van der Waals surface area contributed by atoms with Crippen LogP contribution in [-0.4, -0.2) is 57.6 Å². The van der Waals surface area contributed by atoms with Crippen LogP contribution in [0.5, 0.6) is 0 Å². The molecule has 0 fully saturated rings. The number of ether oxygens (including phenoxy) is 4. The molecule has 0 aromatic heterocycles. The molecule has 0 bridgehead atoms. The zero-order valence-corrected chi connectivity index (χ0v) is 24.1. The van der Waals surface area contributed by atoms with Crippen LogP contribution in [0.1, 0.15) is 118 Å². The van der Waals surface area contributed by atoms with Gasteiger partial charge in [-0.15, -0.1) is 0 Å². The van der Waals surface area contributed by atoms with Gasteiger partial charge in [0.2, 0.25) is 0 Å². The van der Waals surface area contributed by atoms with E-state index in [1.54, 1.807) is 12.2 Å². The number of hydrogen-bond donors (Lipinski definition) is 0. The molecule has 0 aromatic rings. The Morgan fingerprint density at radius 2 is 0.917 bits per heavy atom. The maximum Gasteiger partial charge on any atom is 0.178 e. The highest BCUT2D eigenvalue weighted by atomic mass is 16.5. The van der Waals surface area contributed by atoms with Crippen molar-refractivity contribution in [3.05, 3.63) is 24.3 Å². The monoisotopic (exact) mass is 510 g/mol. The minimum absolute atomic E-state index is 0.0282. The lowest BCUT2D eigenvalue weighted by Crippen LogP contribution is -2.14. The third-order valence-electron chi connectivity index (χ3n) is 5.98. The van der Waals surface area contributed by atoms with Gasteiger partial charge in [-0.25, -0.2) is 0 Å². The van der Waals surface area contributed by atoms with Crippen LogP contribution < -0.4 is 0 Å². The van der Waals surface area contributed by atoms with E-state index in [0.29, 0.717) is 0 Å². The van der Waals surface area contributed by atoms with Crippen molar-refractivity contribution in [1.82, 2.24) is 0 Å². The average molecular weight is 511 g/mol. The van der Waals surface area contributed by atoms with Crippen molar-refractivity contribution in [2.24, 2.45) is 0 Å². The quantitative estimate of drug-likeness (QED) is 0.0788. The summed E-state index contributed by atoms with van der Waals surface area (Å²) in [6, 6.07) is 0. The summed E-state index contributed by atoms with van der Waals surface area (Å²) in [5.41, 5.74) is 0. The van der Waals surface area contributed by atoms with Gasteiger partial charge in [0.05, 0.1) is 12.2 Å². The van der Waals surface area contributed by atoms with Gasteiger partial charge in [0.25, 0.3) is 0 Å². The predicted octanol–water partition coefficient (Wildman–Crippen LogP) is 8.01. The van der Waals surface area contributed by atoms with Crippen LogP contribution in [0.25, 0.3) is 0 Å². The maximum atomic E-state index is 12.4. The second-order valence-corrected chi connectivity index (χ2v) is 9.59. The third-order valence-corrected chi connectivity index (χ3v) is 5.98. The van der Waals surface area contributed by atoms with E-state index in [0.717, 1.165) is 130 Å². The van der Waals surface area contributed by atoms with Crippen LogP contribution in [0.15, 0.2) is 24.3 Å². The smallest absolute Gasteiger partial charge is 0.178 e. The van der Waals surface area contributed by atoms with Gasteiger partial charge in [-0.1, -0.05) is 65.5 Å². The highest BCUT2D eigenvalue weighted by molar-refractivity contribution is 5.99. The van der Waals surface area contributed by atoms with Crippen molar-refractivity contribution in [3.63, 3.8) is 0 Å². The van der Waals surface area contributed by atoms with Gasteiger partial charge in [-0.2, -0.15) is 0 Å². The first-order valence-electron chi connectivity index (χ1n) is 14.9. The Bertz CT molecular complexity index is 473. The molecule has 0 aliphatic rings. The molecule has 0 rings (SSSR count). The molecule has 5 heteroatoms. The molecule has 0 radical (unpaired) electrons. The van der Waals surface area contributed by atoms with Crippen LogP contribution in [0.2, 0.25) is 0 Å². The van der Waals surface area contributed by atoms with Crippen LogP contribution in [-0.2, 0) is 23.7 Å². The molecule has 0 spiro atoms. The van der Waals surface area contributed by atoms with E-state index in [1.165, 1.54) is 0 Å². The summed E-state index contributed by atoms with van der Waals surface area (Å²) in [7, 11) is 0. The van der Waals surface area contributed by atoms with E-state index < -0.39 is 0 Å². The zero-order chi connectivity index (χ0) is 26.5. The Kier molecular flexibility index (Phi) is 27.8. The Morgan fingerprint density at radius 3 is 1.31 bits per heavy atom. The van der Waals surface area contributed by atoms with E-state index in [1.807, 2.05) is 12.2 Å². The second kappa shape index (κ2) is 28.6. The van der Waals surface area contributed by atoms with Crippen LogP contribution in [0.3, 0.4) is 0 Å². The van der Waals surface area contributed by atoms with Crippen LogP contribution >= 0.6 is 0 Å². The summed E-state index contributed by atoms with van der Waals surface area (Å²) in [5.74, 6) is 0.0282. The summed E-state index contributed by atoms with van der Waals surface area (Å²) in [5, 5.41) is 0. The van der Waals surface area contributed by atoms with Gasteiger partial charge in [-0.05, 0) is 76.4 Å². The average Bonchev–Trinajstić information content (AvgIpc) is 2.87. The Balaban J connectivity index is 4.43. The second-order valence-electron chi connectivity index (χ2n) is 9.59. The fourth-order valence-electron chi connectivity index (χ4n) is 3.58. The molecule has 0 saturated heterocycles. The summed E-state index contributed by atoms with van der Waals surface area (Å²) in [6.45, 7) is 13.5. The van der Waals surface area contributed by atoms with Crippen LogP contribution in [0, 0.1) is 0 Å². The normalized spacial score (nSPS) is 13.7. The number of ketones is 1. The standard InChI is InChI=1S/C31H58O5/c1-5-9-23-33-25-15-21-30(35-27-11-7-3)19-13-17-29(32)18-14-20-31(36-28-12-8-4)22-16-26-34-24-10-6-2/h13-14,17-18,30-31H,5-12,15-16,19-28H2,1-4H3. The molecule has 0 amide bonds. The van der Waals surface area contributed by atoms with Gasteiger partial charge in [-0.3, -0.25) is 4.79 Å². The minimum atomic E-state index is 0.0282. The van der Waals surface area contributed by atoms with Crippen LogP contribution in [0.4, 0.5) is 0 Å². The number of carbonyl (C=O) groups is 1. The minimum Gasteiger partial charge on any atom is -0.381 e. The molecule has 0 saturated carbocycles. The van der Waals surface area contributed by atoms with Gasteiger partial charge in [0.1, 0.15) is 0 Å². The van der Waals surface area contributed by atoms with Crippen molar-refractivity contribution < 1.29 is 23.7 Å². The Labute approximate surface area is 223 Å². The van der Waals surface area contributed by atoms with Crippen molar-refractivity contribution in [3.8, 4) is 0 Å². The Morgan fingerprint density at radius 1 is 0.556 bits per heavy atom. The van der Waals surface area contributed by atoms with E-state index >= 15 is 0 Å². The highest BCUT2D eigenvalue weighted by Crippen LogP contribution is 2.12. The fraction of sp³-hybridized carbons (Fsp3) is 0.839. The van der Waals surface area contributed by atoms with Crippen molar-refractivity contribution in [1.29, 1.82) is 0 Å². The predicted molar refractivity (Wildman–Crippen MR) is 152 cm³/mol. The van der Waals surface area contributed by atoms with Crippen molar-refractivity contribution in [2.75, 3.05) is 39.6 Å². The third kappa shape index (κ3) is 24.7. The van der Waals surface area contributed by atoms with Crippen molar-refractivity contribution in [2.45, 2.75) is 130 Å². The first-order chi connectivity index (χ1) is 17.7. The van der Waals surface area contributed by atoms with E-state index in [4.69, 9.17) is 18.9 Å².